The minimum Gasteiger partial charge on any atom is -0.490 e. The standard InChI is InChI=1S/C27H28N2O7/c1-2-16-35-27(32)21-10-14-24(15-11-21)36-19-25(30)28-29-26(31)20-8-12-23(13-9-20)34-18-17-33-22-6-4-3-5-7-22/h3-15H,2,16-19H2,1H3,(H,28,30)(H,29,31). The maximum atomic E-state index is 12.3. The Kier molecular flexibility index (Phi) is 10.1. The van der Waals surface area contributed by atoms with Crippen molar-refractivity contribution in [3.63, 3.8) is 0 Å². The summed E-state index contributed by atoms with van der Waals surface area (Å²) in [4.78, 5) is 36.0. The van der Waals surface area contributed by atoms with Gasteiger partial charge in [-0.05, 0) is 67.1 Å². The highest BCUT2D eigenvalue weighted by atomic mass is 16.5. The minimum atomic E-state index is -0.548. The molecule has 0 saturated heterocycles. The number of carbonyl (C=O) groups is 3. The molecule has 0 radical (unpaired) electrons. The molecule has 3 aromatic rings. The zero-order valence-electron chi connectivity index (χ0n) is 19.9. The number of hydrazine groups is 1. The van der Waals surface area contributed by atoms with Gasteiger partial charge in [-0.15, -0.1) is 0 Å². The predicted molar refractivity (Wildman–Crippen MR) is 132 cm³/mol. The number of carbonyl (C=O) groups excluding carboxylic acids is 3. The molecule has 0 spiro atoms. The average molecular weight is 493 g/mol. The van der Waals surface area contributed by atoms with Crippen LogP contribution in [0.5, 0.6) is 17.2 Å². The lowest BCUT2D eigenvalue weighted by Gasteiger charge is -2.10. The number of hydrogen-bond donors (Lipinski definition) is 2. The van der Waals surface area contributed by atoms with E-state index in [9.17, 15) is 14.4 Å². The van der Waals surface area contributed by atoms with Crippen molar-refractivity contribution in [3.8, 4) is 17.2 Å². The van der Waals surface area contributed by atoms with E-state index in [4.69, 9.17) is 18.9 Å². The second-order valence-corrected chi connectivity index (χ2v) is 7.49. The normalized spacial score (nSPS) is 10.1. The van der Waals surface area contributed by atoms with Gasteiger partial charge in [-0.2, -0.15) is 0 Å². The lowest BCUT2D eigenvalue weighted by atomic mass is 10.2. The van der Waals surface area contributed by atoms with E-state index in [1.54, 1.807) is 48.5 Å². The molecule has 0 aliphatic heterocycles. The van der Waals surface area contributed by atoms with Crippen LogP contribution in [0.3, 0.4) is 0 Å². The Balaban J connectivity index is 1.34. The number of ether oxygens (including phenoxy) is 4. The first-order valence-corrected chi connectivity index (χ1v) is 11.4. The third-order valence-corrected chi connectivity index (χ3v) is 4.69. The van der Waals surface area contributed by atoms with Gasteiger partial charge < -0.3 is 18.9 Å². The maximum absolute atomic E-state index is 12.3. The molecule has 36 heavy (non-hydrogen) atoms. The summed E-state index contributed by atoms with van der Waals surface area (Å²) < 4.78 is 21.6. The second-order valence-electron chi connectivity index (χ2n) is 7.49. The first-order valence-electron chi connectivity index (χ1n) is 11.4. The smallest absolute Gasteiger partial charge is 0.338 e. The Morgan fingerprint density at radius 1 is 0.639 bits per heavy atom. The highest BCUT2D eigenvalue weighted by molar-refractivity contribution is 5.95. The number of rotatable bonds is 12. The van der Waals surface area contributed by atoms with Crippen LogP contribution < -0.4 is 25.1 Å². The number of amides is 2. The molecular weight excluding hydrogens is 464 g/mol. The van der Waals surface area contributed by atoms with Crippen LogP contribution in [0.15, 0.2) is 78.9 Å². The van der Waals surface area contributed by atoms with Crippen LogP contribution in [0, 0.1) is 0 Å². The molecule has 0 atom stereocenters. The molecular formula is C27H28N2O7. The molecule has 3 aromatic carbocycles. The van der Waals surface area contributed by atoms with Crippen molar-refractivity contribution < 1.29 is 33.3 Å². The summed E-state index contributed by atoms with van der Waals surface area (Å²) in [5, 5.41) is 0. The monoisotopic (exact) mass is 492 g/mol. The zero-order chi connectivity index (χ0) is 25.6. The molecule has 0 aliphatic carbocycles. The summed E-state index contributed by atoms with van der Waals surface area (Å²) in [7, 11) is 0. The van der Waals surface area contributed by atoms with E-state index >= 15 is 0 Å². The van der Waals surface area contributed by atoms with E-state index in [-0.39, 0.29) is 6.61 Å². The molecule has 9 nitrogen and oxygen atoms in total. The van der Waals surface area contributed by atoms with Crippen molar-refractivity contribution in [2.24, 2.45) is 0 Å². The van der Waals surface area contributed by atoms with Gasteiger partial charge in [0.2, 0.25) is 0 Å². The number of para-hydroxylation sites is 1. The lowest BCUT2D eigenvalue weighted by molar-refractivity contribution is -0.123. The Hall–Kier alpha value is -4.53. The highest BCUT2D eigenvalue weighted by Crippen LogP contribution is 2.14. The van der Waals surface area contributed by atoms with Gasteiger partial charge in [-0.3, -0.25) is 20.4 Å². The number of benzene rings is 3. The fourth-order valence-electron chi connectivity index (χ4n) is 2.89. The van der Waals surface area contributed by atoms with Crippen LogP contribution in [-0.4, -0.2) is 44.2 Å². The topological polar surface area (TPSA) is 112 Å². The summed E-state index contributed by atoms with van der Waals surface area (Å²) in [6.45, 7) is 2.68. The SMILES string of the molecule is CCCOC(=O)c1ccc(OCC(=O)NNC(=O)c2ccc(OCCOc3ccccc3)cc2)cc1. The predicted octanol–water partition coefficient (Wildman–Crippen LogP) is 3.55. The molecule has 0 aliphatic rings. The molecule has 3 rings (SSSR count). The quantitative estimate of drug-likeness (QED) is 0.226. The van der Waals surface area contributed by atoms with Gasteiger partial charge in [0.05, 0.1) is 12.2 Å². The van der Waals surface area contributed by atoms with Crippen molar-refractivity contribution in [3.05, 3.63) is 90.0 Å². The van der Waals surface area contributed by atoms with E-state index < -0.39 is 17.8 Å². The van der Waals surface area contributed by atoms with Gasteiger partial charge >= 0.3 is 5.97 Å². The van der Waals surface area contributed by atoms with Crippen LogP contribution in [-0.2, 0) is 9.53 Å². The van der Waals surface area contributed by atoms with Crippen LogP contribution in [0.25, 0.3) is 0 Å². The molecule has 188 valence electrons. The summed E-state index contributed by atoms with van der Waals surface area (Å²) >= 11 is 0. The molecule has 2 N–H and O–H groups in total. The minimum absolute atomic E-state index is 0.322. The lowest BCUT2D eigenvalue weighted by Crippen LogP contribution is -2.43. The van der Waals surface area contributed by atoms with Crippen LogP contribution in [0.1, 0.15) is 34.1 Å². The van der Waals surface area contributed by atoms with E-state index in [0.29, 0.717) is 42.4 Å². The van der Waals surface area contributed by atoms with Crippen molar-refractivity contribution in [1.82, 2.24) is 10.9 Å². The van der Waals surface area contributed by atoms with Crippen molar-refractivity contribution in [2.45, 2.75) is 13.3 Å². The van der Waals surface area contributed by atoms with Gasteiger partial charge in [-0.1, -0.05) is 25.1 Å². The molecule has 0 bridgehead atoms. The largest absolute Gasteiger partial charge is 0.490 e. The van der Waals surface area contributed by atoms with Gasteiger partial charge in [-0.25, -0.2) is 4.79 Å². The Labute approximate surface area is 209 Å². The molecule has 0 saturated carbocycles. The molecule has 9 heteroatoms. The van der Waals surface area contributed by atoms with Crippen LogP contribution in [0.4, 0.5) is 0 Å². The fraction of sp³-hybridized carbons (Fsp3) is 0.222. The van der Waals surface area contributed by atoms with Gasteiger partial charge in [0.25, 0.3) is 11.8 Å². The fourth-order valence-corrected chi connectivity index (χ4v) is 2.89. The van der Waals surface area contributed by atoms with Crippen molar-refractivity contribution in [2.75, 3.05) is 26.4 Å². The maximum Gasteiger partial charge on any atom is 0.338 e. The van der Waals surface area contributed by atoms with Crippen LogP contribution in [0.2, 0.25) is 0 Å². The molecule has 2 amide bonds. The summed E-state index contributed by atoms with van der Waals surface area (Å²) in [5.74, 6) is 0.298. The molecule has 0 fully saturated rings. The van der Waals surface area contributed by atoms with Crippen molar-refractivity contribution >= 4 is 17.8 Å². The molecule has 0 aromatic heterocycles. The van der Waals surface area contributed by atoms with Gasteiger partial charge in [0, 0.05) is 5.56 Å². The summed E-state index contributed by atoms with van der Waals surface area (Å²) in [5.41, 5.74) is 5.35. The van der Waals surface area contributed by atoms with E-state index in [0.717, 1.165) is 12.2 Å². The number of nitrogens with one attached hydrogen (secondary N) is 2. The van der Waals surface area contributed by atoms with E-state index in [2.05, 4.69) is 10.9 Å². The first kappa shape index (κ1) is 26.1. The number of hydrogen-bond acceptors (Lipinski definition) is 7. The third kappa shape index (κ3) is 8.68. The molecule has 0 unspecified atom stereocenters. The van der Waals surface area contributed by atoms with E-state index in [1.807, 2.05) is 37.3 Å². The summed E-state index contributed by atoms with van der Waals surface area (Å²) in [6.07, 6.45) is 0.740. The average Bonchev–Trinajstić information content (AvgIpc) is 2.92. The van der Waals surface area contributed by atoms with Gasteiger partial charge in [0.15, 0.2) is 6.61 Å². The highest BCUT2D eigenvalue weighted by Gasteiger charge is 2.10. The number of esters is 1. The van der Waals surface area contributed by atoms with Crippen molar-refractivity contribution in [1.29, 1.82) is 0 Å². The van der Waals surface area contributed by atoms with E-state index in [1.165, 1.54) is 0 Å². The second kappa shape index (κ2) is 14.0. The first-order chi connectivity index (χ1) is 17.5. The Morgan fingerprint density at radius 3 is 1.81 bits per heavy atom. The zero-order valence-corrected chi connectivity index (χ0v) is 19.9. The Morgan fingerprint density at radius 2 is 1.19 bits per heavy atom. The third-order valence-electron chi connectivity index (χ3n) is 4.69. The summed E-state index contributed by atoms with van der Waals surface area (Å²) in [6, 6.07) is 22.1. The Bertz CT molecular complexity index is 1120. The van der Waals surface area contributed by atoms with Gasteiger partial charge in [0.1, 0.15) is 30.5 Å². The molecule has 0 heterocycles. The van der Waals surface area contributed by atoms with Crippen LogP contribution >= 0.6 is 0 Å².